The zero-order valence-electron chi connectivity index (χ0n) is 16.9. The van der Waals surface area contributed by atoms with Crippen molar-refractivity contribution in [3.8, 4) is 11.3 Å². The number of carbonyl (C=O) groups excluding carboxylic acids is 1. The minimum absolute atomic E-state index is 0.169. The zero-order valence-corrected chi connectivity index (χ0v) is 16.9. The van der Waals surface area contributed by atoms with Crippen LogP contribution in [0.15, 0.2) is 28.8 Å². The second-order valence-corrected chi connectivity index (χ2v) is 8.39. The number of carboxylic acids is 1. The quantitative estimate of drug-likeness (QED) is 0.778. The van der Waals surface area contributed by atoms with E-state index in [2.05, 4.69) is 15.4 Å². The van der Waals surface area contributed by atoms with Crippen molar-refractivity contribution < 1.29 is 19.2 Å². The van der Waals surface area contributed by atoms with Gasteiger partial charge in [0.1, 0.15) is 0 Å². The largest absolute Gasteiger partial charge is 0.481 e. The number of likely N-dealkylation sites (tertiary alicyclic amines) is 1. The molecule has 1 saturated carbocycles. The van der Waals surface area contributed by atoms with Crippen LogP contribution in [-0.4, -0.2) is 52.7 Å². The van der Waals surface area contributed by atoms with Gasteiger partial charge in [-0.3, -0.25) is 9.59 Å². The first-order valence-corrected chi connectivity index (χ1v) is 10.2. The number of nitrogens with zero attached hydrogens (tertiary/aromatic N) is 2. The fraction of sp³-hybridized carbons (Fsp3) is 0.500. The normalized spacial score (nSPS) is 22.4. The maximum absolute atomic E-state index is 12.7. The van der Waals surface area contributed by atoms with Crippen LogP contribution < -0.4 is 5.32 Å². The Bertz CT molecular complexity index is 919. The molecule has 1 aliphatic heterocycles. The summed E-state index contributed by atoms with van der Waals surface area (Å²) in [5.74, 6) is -0.637. The van der Waals surface area contributed by atoms with Gasteiger partial charge in [-0.1, -0.05) is 17.3 Å². The molecule has 2 fully saturated rings. The van der Waals surface area contributed by atoms with Crippen LogP contribution in [0.25, 0.3) is 11.3 Å². The monoisotopic (exact) mass is 397 g/mol. The van der Waals surface area contributed by atoms with Crippen molar-refractivity contribution >= 4 is 11.9 Å². The standard InChI is InChI=1S/C22H27N3O4/c1-13-3-6-16(9-14(13)2)20-10-19(24-29-20)21(26)23-18-7-8-25(11-15-4-5-15)12-17(18)22(27)28/h3,6,9-10,15,17-18H,4-5,7-8,11-12H2,1-2H3,(H,23,26)(H,27,28)/t17-,18-/m0/s1. The number of nitrogens with one attached hydrogen (secondary N) is 1. The highest BCUT2D eigenvalue weighted by atomic mass is 16.5. The number of benzene rings is 1. The third kappa shape index (κ3) is 4.50. The first-order chi connectivity index (χ1) is 13.9. The lowest BCUT2D eigenvalue weighted by Gasteiger charge is -2.36. The summed E-state index contributed by atoms with van der Waals surface area (Å²) < 4.78 is 5.36. The SMILES string of the molecule is Cc1ccc(-c2cc(C(=O)N[C@H]3CCN(CC4CC4)C[C@@H]3C(=O)O)no2)cc1C. The molecule has 2 aromatic rings. The molecule has 7 heteroatoms. The number of carboxylic acid groups (broad SMARTS) is 1. The van der Waals surface area contributed by atoms with E-state index in [-0.39, 0.29) is 5.69 Å². The lowest BCUT2D eigenvalue weighted by molar-refractivity contribution is -0.144. The predicted molar refractivity (Wildman–Crippen MR) is 108 cm³/mol. The molecule has 1 saturated heterocycles. The van der Waals surface area contributed by atoms with Crippen molar-refractivity contribution in [1.82, 2.24) is 15.4 Å². The zero-order chi connectivity index (χ0) is 20.5. The Balaban J connectivity index is 1.42. The third-order valence-corrected chi connectivity index (χ3v) is 6.08. The van der Waals surface area contributed by atoms with E-state index in [9.17, 15) is 14.7 Å². The van der Waals surface area contributed by atoms with Crippen molar-refractivity contribution in [1.29, 1.82) is 0 Å². The van der Waals surface area contributed by atoms with E-state index < -0.39 is 23.8 Å². The van der Waals surface area contributed by atoms with Crippen LogP contribution in [0, 0.1) is 25.7 Å². The van der Waals surface area contributed by atoms with Crippen LogP contribution in [0.2, 0.25) is 0 Å². The summed E-state index contributed by atoms with van der Waals surface area (Å²) in [6.07, 6.45) is 3.10. The Morgan fingerprint density at radius 3 is 2.69 bits per heavy atom. The third-order valence-electron chi connectivity index (χ3n) is 6.08. The van der Waals surface area contributed by atoms with Gasteiger partial charge in [0.25, 0.3) is 5.91 Å². The summed E-state index contributed by atoms with van der Waals surface area (Å²) in [5, 5.41) is 16.4. The minimum Gasteiger partial charge on any atom is -0.481 e. The Kier molecular flexibility index (Phi) is 5.41. The summed E-state index contributed by atoms with van der Waals surface area (Å²) in [6.45, 7) is 6.30. The summed E-state index contributed by atoms with van der Waals surface area (Å²) in [4.78, 5) is 26.7. The maximum Gasteiger partial charge on any atom is 0.309 e. The molecule has 1 aliphatic carbocycles. The molecule has 2 heterocycles. The Labute approximate surface area is 170 Å². The molecular formula is C22H27N3O4. The Hall–Kier alpha value is -2.67. The number of aromatic nitrogens is 1. The average Bonchev–Trinajstić information content (AvgIpc) is 3.36. The molecule has 1 aromatic carbocycles. The molecule has 7 nitrogen and oxygen atoms in total. The summed E-state index contributed by atoms with van der Waals surface area (Å²) in [6, 6.07) is 7.13. The van der Waals surface area contributed by atoms with E-state index in [0.29, 0.717) is 18.7 Å². The molecule has 0 bridgehead atoms. The first kappa shape index (κ1) is 19.6. The second-order valence-electron chi connectivity index (χ2n) is 8.39. The van der Waals surface area contributed by atoms with Crippen LogP contribution in [-0.2, 0) is 4.79 Å². The van der Waals surface area contributed by atoms with E-state index in [1.807, 2.05) is 32.0 Å². The van der Waals surface area contributed by atoms with E-state index in [0.717, 1.165) is 30.1 Å². The van der Waals surface area contributed by atoms with E-state index in [1.54, 1.807) is 6.07 Å². The van der Waals surface area contributed by atoms with Gasteiger partial charge in [0.2, 0.25) is 0 Å². The van der Waals surface area contributed by atoms with Crippen molar-refractivity contribution in [2.75, 3.05) is 19.6 Å². The molecular weight excluding hydrogens is 370 g/mol. The number of piperidine rings is 1. The maximum atomic E-state index is 12.7. The first-order valence-electron chi connectivity index (χ1n) is 10.2. The van der Waals surface area contributed by atoms with Crippen LogP contribution in [0.4, 0.5) is 0 Å². The fourth-order valence-corrected chi connectivity index (χ4v) is 3.93. The molecule has 29 heavy (non-hydrogen) atoms. The summed E-state index contributed by atoms with van der Waals surface area (Å²) >= 11 is 0. The number of hydrogen-bond donors (Lipinski definition) is 2. The average molecular weight is 397 g/mol. The highest BCUT2D eigenvalue weighted by molar-refractivity contribution is 5.93. The number of aryl methyl sites for hydroxylation is 2. The highest BCUT2D eigenvalue weighted by Gasteiger charge is 2.37. The Morgan fingerprint density at radius 1 is 1.21 bits per heavy atom. The van der Waals surface area contributed by atoms with Crippen molar-refractivity contribution in [2.45, 2.75) is 39.2 Å². The number of aliphatic carboxylic acids is 1. The Morgan fingerprint density at radius 2 is 2.00 bits per heavy atom. The molecule has 2 aliphatic rings. The van der Waals surface area contributed by atoms with Gasteiger partial charge in [0, 0.05) is 37.3 Å². The van der Waals surface area contributed by atoms with Gasteiger partial charge in [0.15, 0.2) is 11.5 Å². The number of rotatable bonds is 6. The van der Waals surface area contributed by atoms with Gasteiger partial charge in [-0.25, -0.2) is 0 Å². The molecule has 2 atom stereocenters. The highest BCUT2D eigenvalue weighted by Crippen LogP contribution is 2.31. The van der Waals surface area contributed by atoms with Gasteiger partial charge in [-0.2, -0.15) is 0 Å². The van der Waals surface area contributed by atoms with Gasteiger partial charge < -0.3 is 19.8 Å². The van der Waals surface area contributed by atoms with Gasteiger partial charge >= 0.3 is 5.97 Å². The second kappa shape index (κ2) is 7.99. The lowest BCUT2D eigenvalue weighted by Crippen LogP contribution is -2.53. The summed E-state index contributed by atoms with van der Waals surface area (Å²) in [7, 11) is 0. The number of carbonyl (C=O) groups is 2. The molecule has 154 valence electrons. The van der Waals surface area contributed by atoms with Gasteiger partial charge in [0.05, 0.1) is 5.92 Å². The lowest BCUT2D eigenvalue weighted by atomic mass is 9.91. The number of hydrogen-bond acceptors (Lipinski definition) is 5. The molecule has 4 rings (SSSR count). The molecule has 0 spiro atoms. The van der Waals surface area contributed by atoms with Crippen molar-refractivity contribution in [3.63, 3.8) is 0 Å². The molecule has 0 radical (unpaired) electrons. The van der Waals surface area contributed by atoms with Gasteiger partial charge in [-0.15, -0.1) is 0 Å². The van der Waals surface area contributed by atoms with E-state index >= 15 is 0 Å². The van der Waals surface area contributed by atoms with Gasteiger partial charge in [-0.05, 0) is 56.2 Å². The molecule has 1 aromatic heterocycles. The summed E-state index contributed by atoms with van der Waals surface area (Å²) in [5.41, 5.74) is 3.34. The van der Waals surface area contributed by atoms with E-state index in [1.165, 1.54) is 18.4 Å². The topological polar surface area (TPSA) is 95.7 Å². The van der Waals surface area contributed by atoms with Crippen LogP contribution >= 0.6 is 0 Å². The van der Waals surface area contributed by atoms with Crippen LogP contribution in [0.5, 0.6) is 0 Å². The number of amides is 1. The van der Waals surface area contributed by atoms with Crippen LogP contribution in [0.1, 0.15) is 40.9 Å². The van der Waals surface area contributed by atoms with E-state index in [4.69, 9.17) is 4.52 Å². The fourth-order valence-electron chi connectivity index (χ4n) is 3.93. The molecule has 2 N–H and O–H groups in total. The van der Waals surface area contributed by atoms with Crippen molar-refractivity contribution in [3.05, 3.63) is 41.1 Å². The molecule has 0 unspecified atom stereocenters. The predicted octanol–water partition coefficient (Wildman–Crippen LogP) is 2.87. The van der Waals surface area contributed by atoms with Crippen molar-refractivity contribution in [2.24, 2.45) is 11.8 Å². The smallest absolute Gasteiger partial charge is 0.309 e. The molecule has 1 amide bonds. The minimum atomic E-state index is -0.869. The van der Waals surface area contributed by atoms with Crippen LogP contribution in [0.3, 0.4) is 0 Å².